The lowest BCUT2D eigenvalue weighted by Crippen LogP contribution is -2.11. The molecule has 2 rings (SSSR count). The molecule has 0 aliphatic heterocycles. The molecule has 0 radical (unpaired) electrons. The number of nitrogens with zero attached hydrogens (tertiary/aromatic N) is 3. The van der Waals surface area contributed by atoms with E-state index in [4.69, 9.17) is 16.6 Å². The van der Waals surface area contributed by atoms with E-state index in [1.54, 1.807) is 0 Å². The molecule has 18 heavy (non-hydrogen) atoms. The smallest absolute Gasteiger partial charge is 0.358 e. The molecule has 0 saturated carbocycles. The second-order valence-corrected chi connectivity index (χ2v) is 3.45. The second kappa shape index (κ2) is 4.17. The van der Waals surface area contributed by atoms with E-state index in [1.165, 1.54) is 29.2 Å². The first kappa shape index (κ1) is 11.6. The lowest BCUT2D eigenvalue weighted by Gasteiger charge is -2.00. The number of rotatable bonds is 3. The molecule has 2 aromatic heterocycles. The number of nitrogen functional groups attached to an aromatic ring is 1. The monoisotopic (exact) mass is 247 g/mol. The lowest BCUT2D eigenvalue weighted by molar-refractivity contribution is 0.0691. The molecule has 8 heteroatoms. The van der Waals surface area contributed by atoms with Crippen molar-refractivity contribution >= 4 is 17.6 Å². The summed E-state index contributed by atoms with van der Waals surface area (Å²) < 4.78 is 1.21. The van der Waals surface area contributed by atoms with Gasteiger partial charge in [0.25, 0.3) is 0 Å². The summed E-state index contributed by atoms with van der Waals surface area (Å²) in [6.45, 7) is 0. The molecular formula is C10H9N5O3. The van der Waals surface area contributed by atoms with Crippen LogP contribution in [0.1, 0.15) is 20.8 Å². The van der Waals surface area contributed by atoms with Gasteiger partial charge in [0.15, 0.2) is 11.5 Å². The van der Waals surface area contributed by atoms with Gasteiger partial charge in [-0.25, -0.2) is 14.5 Å². The van der Waals surface area contributed by atoms with Crippen LogP contribution in [0.2, 0.25) is 0 Å². The Labute approximate surface area is 101 Å². The highest BCUT2D eigenvalue weighted by molar-refractivity contribution is 5.92. The number of aromatic carboxylic acids is 1. The number of nitrogens with two attached hydrogens (primary N) is 2. The molecule has 0 fully saturated rings. The summed E-state index contributed by atoms with van der Waals surface area (Å²) >= 11 is 0. The van der Waals surface area contributed by atoms with Gasteiger partial charge in [-0.3, -0.25) is 4.79 Å². The van der Waals surface area contributed by atoms with Crippen LogP contribution in [0.25, 0.3) is 5.82 Å². The fourth-order valence-electron chi connectivity index (χ4n) is 1.34. The number of amides is 1. The summed E-state index contributed by atoms with van der Waals surface area (Å²) in [6.07, 6.45) is 2.60. The van der Waals surface area contributed by atoms with Gasteiger partial charge in [0.1, 0.15) is 0 Å². The van der Waals surface area contributed by atoms with Crippen molar-refractivity contribution in [3.8, 4) is 5.82 Å². The molecule has 8 nitrogen and oxygen atoms in total. The van der Waals surface area contributed by atoms with Gasteiger partial charge in [-0.2, -0.15) is 5.10 Å². The van der Waals surface area contributed by atoms with Gasteiger partial charge in [-0.05, 0) is 12.1 Å². The maximum absolute atomic E-state index is 10.9. The zero-order valence-corrected chi connectivity index (χ0v) is 9.07. The summed E-state index contributed by atoms with van der Waals surface area (Å²) in [5, 5.41) is 12.6. The first-order valence-corrected chi connectivity index (χ1v) is 4.83. The molecule has 92 valence electrons. The Morgan fingerprint density at radius 2 is 2.06 bits per heavy atom. The molecule has 0 saturated heterocycles. The first-order chi connectivity index (χ1) is 8.49. The van der Waals surface area contributed by atoms with Gasteiger partial charge in [0, 0.05) is 6.20 Å². The van der Waals surface area contributed by atoms with E-state index in [-0.39, 0.29) is 16.9 Å². The molecule has 0 bridgehead atoms. The van der Waals surface area contributed by atoms with Gasteiger partial charge in [0.05, 0.1) is 17.4 Å². The minimum atomic E-state index is -1.22. The van der Waals surface area contributed by atoms with Crippen LogP contribution in [0.3, 0.4) is 0 Å². The molecule has 0 aliphatic carbocycles. The van der Waals surface area contributed by atoms with Gasteiger partial charge >= 0.3 is 5.97 Å². The van der Waals surface area contributed by atoms with Crippen LogP contribution in [0.5, 0.6) is 0 Å². The highest BCUT2D eigenvalue weighted by Crippen LogP contribution is 2.12. The third-order valence-electron chi connectivity index (χ3n) is 2.21. The number of carbonyl (C=O) groups is 2. The van der Waals surface area contributed by atoms with Crippen molar-refractivity contribution in [1.29, 1.82) is 0 Å². The Kier molecular flexibility index (Phi) is 2.68. The normalized spacial score (nSPS) is 10.2. The Morgan fingerprint density at radius 3 is 2.50 bits per heavy atom. The summed E-state index contributed by atoms with van der Waals surface area (Å²) in [5.74, 6) is -1.49. The van der Waals surface area contributed by atoms with E-state index in [1.807, 2.05) is 0 Å². The quantitative estimate of drug-likeness (QED) is 0.677. The Balaban J connectivity index is 2.40. The van der Waals surface area contributed by atoms with Crippen LogP contribution in [0.4, 0.5) is 5.69 Å². The summed E-state index contributed by atoms with van der Waals surface area (Å²) in [6, 6.07) is 2.95. The topological polar surface area (TPSA) is 137 Å². The zero-order valence-electron chi connectivity index (χ0n) is 9.07. The van der Waals surface area contributed by atoms with Gasteiger partial charge < -0.3 is 16.6 Å². The molecule has 2 aromatic rings. The third kappa shape index (κ3) is 1.98. The van der Waals surface area contributed by atoms with Crippen LogP contribution in [0.15, 0.2) is 24.5 Å². The van der Waals surface area contributed by atoms with Crippen molar-refractivity contribution in [3.63, 3.8) is 0 Å². The number of carbonyl (C=O) groups excluding carboxylic acids is 1. The molecule has 0 spiro atoms. The SMILES string of the molecule is NC(=O)c1ccc(-n2cc(N)c(C(=O)O)n2)nc1. The number of anilines is 1. The van der Waals surface area contributed by atoms with E-state index in [0.29, 0.717) is 5.82 Å². The molecule has 2 heterocycles. The van der Waals surface area contributed by atoms with Crippen molar-refractivity contribution in [3.05, 3.63) is 35.8 Å². The number of carboxylic acid groups (broad SMARTS) is 1. The lowest BCUT2D eigenvalue weighted by atomic mass is 10.3. The summed E-state index contributed by atoms with van der Waals surface area (Å²) in [7, 11) is 0. The standard InChI is InChI=1S/C10H9N5O3/c11-6-4-15(14-8(6)10(17)18)7-2-1-5(3-13-7)9(12)16/h1-4H,11H2,(H2,12,16)(H,17,18). The number of aromatic nitrogens is 3. The van der Waals surface area contributed by atoms with Gasteiger partial charge in [-0.15, -0.1) is 0 Å². The van der Waals surface area contributed by atoms with Gasteiger partial charge in [-0.1, -0.05) is 0 Å². The predicted octanol–water partition coefficient (Wildman–Crippen LogP) is -0.353. The van der Waals surface area contributed by atoms with Crippen LogP contribution >= 0.6 is 0 Å². The number of hydrogen-bond acceptors (Lipinski definition) is 5. The van der Waals surface area contributed by atoms with E-state index in [2.05, 4.69) is 10.1 Å². The molecule has 5 N–H and O–H groups in total. The Bertz CT molecular complexity index is 617. The molecule has 0 atom stereocenters. The fourth-order valence-corrected chi connectivity index (χ4v) is 1.34. The molecular weight excluding hydrogens is 238 g/mol. The number of pyridine rings is 1. The number of carboxylic acids is 1. The van der Waals surface area contributed by atoms with Crippen molar-refractivity contribution < 1.29 is 14.7 Å². The minimum Gasteiger partial charge on any atom is -0.476 e. The zero-order chi connectivity index (χ0) is 13.3. The van der Waals surface area contributed by atoms with Crippen LogP contribution in [-0.2, 0) is 0 Å². The first-order valence-electron chi connectivity index (χ1n) is 4.83. The average Bonchev–Trinajstić information content (AvgIpc) is 2.71. The van der Waals surface area contributed by atoms with Crippen LogP contribution in [0, 0.1) is 0 Å². The number of primary amides is 1. The average molecular weight is 247 g/mol. The third-order valence-corrected chi connectivity index (χ3v) is 2.21. The van der Waals surface area contributed by atoms with Gasteiger partial charge in [0.2, 0.25) is 5.91 Å². The molecule has 0 aromatic carbocycles. The minimum absolute atomic E-state index is 0.0308. The maximum atomic E-state index is 10.9. The van der Waals surface area contributed by atoms with Crippen LogP contribution in [-0.4, -0.2) is 31.7 Å². The summed E-state index contributed by atoms with van der Waals surface area (Å²) in [4.78, 5) is 25.6. The van der Waals surface area contributed by atoms with Crippen molar-refractivity contribution in [2.45, 2.75) is 0 Å². The second-order valence-electron chi connectivity index (χ2n) is 3.45. The summed E-state index contributed by atoms with van der Waals surface area (Å²) in [5.41, 5.74) is 10.6. The van der Waals surface area contributed by atoms with E-state index < -0.39 is 11.9 Å². The van der Waals surface area contributed by atoms with Crippen LogP contribution < -0.4 is 11.5 Å². The Morgan fingerprint density at radius 1 is 1.33 bits per heavy atom. The van der Waals surface area contributed by atoms with Crippen molar-refractivity contribution in [1.82, 2.24) is 14.8 Å². The highest BCUT2D eigenvalue weighted by atomic mass is 16.4. The fraction of sp³-hybridized carbons (Fsp3) is 0. The van der Waals surface area contributed by atoms with Crippen molar-refractivity contribution in [2.24, 2.45) is 5.73 Å². The van der Waals surface area contributed by atoms with E-state index in [9.17, 15) is 9.59 Å². The van der Waals surface area contributed by atoms with Crippen molar-refractivity contribution in [2.75, 3.05) is 5.73 Å². The molecule has 0 aliphatic rings. The highest BCUT2D eigenvalue weighted by Gasteiger charge is 2.14. The molecule has 1 amide bonds. The Hall–Kier alpha value is -2.90. The van der Waals surface area contributed by atoms with E-state index >= 15 is 0 Å². The largest absolute Gasteiger partial charge is 0.476 e. The predicted molar refractivity (Wildman–Crippen MR) is 61.2 cm³/mol. The van der Waals surface area contributed by atoms with E-state index in [0.717, 1.165) is 0 Å². The number of hydrogen-bond donors (Lipinski definition) is 3. The maximum Gasteiger partial charge on any atom is 0.358 e. The molecule has 0 unspecified atom stereocenters.